The molecule has 0 radical (unpaired) electrons. The number of hydrogen-bond donors (Lipinski definition) is 1. The smallest absolute Gasteiger partial charge is 0.133 e. The number of halogens is 1. The lowest BCUT2D eigenvalue weighted by Gasteiger charge is -2.31. The van der Waals surface area contributed by atoms with Gasteiger partial charge in [0.1, 0.15) is 5.75 Å². The molecule has 2 N–H and O–H groups in total. The first kappa shape index (κ1) is 18.4. The minimum atomic E-state index is 0.123. The molecule has 1 unspecified atom stereocenters. The molecule has 5 nitrogen and oxygen atoms in total. The van der Waals surface area contributed by atoms with E-state index in [2.05, 4.69) is 26.9 Å². The number of nitrogens with two attached hydrogens (primary N) is 1. The van der Waals surface area contributed by atoms with Crippen LogP contribution in [0.25, 0.3) is 0 Å². The second-order valence-corrected chi connectivity index (χ2v) is 5.52. The van der Waals surface area contributed by atoms with Gasteiger partial charge in [0, 0.05) is 39.9 Å². The quantitative estimate of drug-likeness (QED) is 0.691. The second-order valence-electron chi connectivity index (χ2n) is 4.67. The van der Waals surface area contributed by atoms with Crippen molar-refractivity contribution < 1.29 is 14.2 Å². The summed E-state index contributed by atoms with van der Waals surface area (Å²) in [6, 6.07) is 6.18. The fraction of sp³-hybridized carbons (Fsp3) is 0.600. The zero-order chi connectivity index (χ0) is 15.7. The van der Waals surface area contributed by atoms with E-state index in [1.54, 1.807) is 21.3 Å². The molecular formula is C15H25BrN2O3. The summed E-state index contributed by atoms with van der Waals surface area (Å²) in [7, 11) is 5.06. The van der Waals surface area contributed by atoms with Gasteiger partial charge in [-0.3, -0.25) is 4.90 Å². The maximum atomic E-state index is 6.00. The van der Waals surface area contributed by atoms with Crippen LogP contribution in [0, 0.1) is 0 Å². The average molecular weight is 361 g/mol. The van der Waals surface area contributed by atoms with Crippen LogP contribution < -0.4 is 10.5 Å². The lowest BCUT2D eigenvalue weighted by atomic mass is 10.0. The van der Waals surface area contributed by atoms with Gasteiger partial charge in [0.2, 0.25) is 0 Å². The van der Waals surface area contributed by atoms with Crippen molar-refractivity contribution >= 4 is 15.9 Å². The molecule has 0 aliphatic carbocycles. The fourth-order valence-corrected chi connectivity index (χ4v) is 2.78. The van der Waals surface area contributed by atoms with Crippen LogP contribution in [0.1, 0.15) is 11.6 Å². The molecule has 0 aliphatic heterocycles. The largest absolute Gasteiger partial charge is 0.496 e. The van der Waals surface area contributed by atoms with Crippen molar-refractivity contribution in [2.75, 3.05) is 54.2 Å². The Morgan fingerprint density at radius 2 is 1.76 bits per heavy atom. The number of hydrogen-bond acceptors (Lipinski definition) is 5. The zero-order valence-electron chi connectivity index (χ0n) is 13.0. The van der Waals surface area contributed by atoms with E-state index in [9.17, 15) is 0 Å². The lowest BCUT2D eigenvalue weighted by molar-refractivity contribution is 0.0891. The van der Waals surface area contributed by atoms with Crippen LogP contribution in [-0.4, -0.2) is 59.1 Å². The van der Waals surface area contributed by atoms with Gasteiger partial charge in [-0.1, -0.05) is 6.07 Å². The Balaban J connectivity index is 2.92. The Hall–Kier alpha value is -0.660. The Bertz CT molecular complexity index is 410. The predicted octanol–water partition coefficient (Wildman–Crippen LogP) is 2.05. The molecule has 1 aromatic carbocycles. The molecule has 0 bridgehead atoms. The number of nitrogens with zero attached hydrogens (tertiary/aromatic N) is 1. The summed E-state index contributed by atoms with van der Waals surface area (Å²) >= 11 is 3.53. The van der Waals surface area contributed by atoms with Gasteiger partial charge in [-0.15, -0.1) is 0 Å². The number of rotatable bonds is 10. The number of benzene rings is 1. The van der Waals surface area contributed by atoms with Gasteiger partial charge < -0.3 is 19.9 Å². The minimum Gasteiger partial charge on any atom is -0.496 e. The fourth-order valence-electron chi connectivity index (χ4n) is 2.23. The molecule has 0 amide bonds. The Morgan fingerprint density at radius 3 is 2.19 bits per heavy atom. The molecule has 0 saturated heterocycles. The standard InChI is InChI=1S/C15H25BrN2O3/c1-19-8-6-18(7-9-20-2)14(11-17)12-4-5-15(21-3)13(16)10-12/h4-5,10,14H,6-9,11,17H2,1-3H3. The molecule has 1 rings (SSSR count). The van der Waals surface area contributed by atoms with Crippen LogP contribution in [0.4, 0.5) is 0 Å². The third-order valence-corrected chi connectivity index (χ3v) is 4.01. The van der Waals surface area contributed by atoms with Crippen LogP contribution in [0.15, 0.2) is 22.7 Å². The summed E-state index contributed by atoms with van der Waals surface area (Å²) in [5.74, 6) is 0.815. The van der Waals surface area contributed by atoms with E-state index in [-0.39, 0.29) is 6.04 Å². The van der Waals surface area contributed by atoms with Gasteiger partial charge in [-0.25, -0.2) is 0 Å². The highest BCUT2D eigenvalue weighted by atomic mass is 79.9. The van der Waals surface area contributed by atoms with Crippen LogP contribution in [0.5, 0.6) is 5.75 Å². The normalized spacial score (nSPS) is 12.7. The molecule has 0 saturated carbocycles. The van der Waals surface area contributed by atoms with Crippen molar-refractivity contribution in [3.63, 3.8) is 0 Å². The first-order valence-electron chi connectivity index (χ1n) is 6.93. The van der Waals surface area contributed by atoms with Crippen molar-refractivity contribution in [2.45, 2.75) is 6.04 Å². The van der Waals surface area contributed by atoms with E-state index in [4.69, 9.17) is 19.9 Å². The number of methoxy groups -OCH3 is 3. The van der Waals surface area contributed by atoms with Crippen molar-refractivity contribution in [3.8, 4) is 5.75 Å². The van der Waals surface area contributed by atoms with Crippen molar-refractivity contribution in [1.29, 1.82) is 0 Å². The van der Waals surface area contributed by atoms with Gasteiger partial charge in [0.15, 0.2) is 0 Å². The predicted molar refractivity (Wildman–Crippen MR) is 87.8 cm³/mol. The highest BCUT2D eigenvalue weighted by Gasteiger charge is 2.19. The molecule has 0 fully saturated rings. The highest BCUT2D eigenvalue weighted by molar-refractivity contribution is 9.10. The molecule has 0 spiro atoms. The summed E-state index contributed by atoms with van der Waals surface area (Å²) in [4.78, 5) is 2.28. The van der Waals surface area contributed by atoms with E-state index in [1.807, 2.05) is 12.1 Å². The third-order valence-electron chi connectivity index (χ3n) is 3.39. The summed E-state index contributed by atoms with van der Waals surface area (Å²) in [6.07, 6.45) is 0. The van der Waals surface area contributed by atoms with Crippen LogP contribution in [0.3, 0.4) is 0 Å². The Morgan fingerprint density at radius 1 is 1.14 bits per heavy atom. The van der Waals surface area contributed by atoms with Gasteiger partial charge in [0.25, 0.3) is 0 Å². The van der Waals surface area contributed by atoms with Gasteiger partial charge in [-0.2, -0.15) is 0 Å². The Labute approximate surface area is 135 Å². The van der Waals surface area contributed by atoms with Gasteiger partial charge in [0.05, 0.1) is 24.8 Å². The maximum absolute atomic E-state index is 6.00. The van der Waals surface area contributed by atoms with Crippen molar-refractivity contribution in [1.82, 2.24) is 4.90 Å². The molecule has 21 heavy (non-hydrogen) atoms. The zero-order valence-corrected chi connectivity index (χ0v) is 14.6. The molecule has 1 atom stereocenters. The average Bonchev–Trinajstić information content (AvgIpc) is 2.50. The Kier molecular flexibility index (Phi) is 8.87. The molecule has 0 aromatic heterocycles. The van der Waals surface area contributed by atoms with Gasteiger partial charge in [-0.05, 0) is 33.6 Å². The monoisotopic (exact) mass is 360 g/mol. The van der Waals surface area contributed by atoms with E-state index in [1.165, 1.54) is 0 Å². The van der Waals surface area contributed by atoms with E-state index in [0.29, 0.717) is 19.8 Å². The van der Waals surface area contributed by atoms with E-state index >= 15 is 0 Å². The van der Waals surface area contributed by atoms with E-state index in [0.717, 1.165) is 28.9 Å². The highest BCUT2D eigenvalue weighted by Crippen LogP contribution is 2.29. The molecule has 0 aliphatic rings. The summed E-state index contributed by atoms with van der Waals surface area (Å²) in [6.45, 7) is 3.48. The van der Waals surface area contributed by atoms with Crippen molar-refractivity contribution in [3.05, 3.63) is 28.2 Å². The van der Waals surface area contributed by atoms with Crippen molar-refractivity contribution in [2.24, 2.45) is 5.73 Å². The molecule has 0 heterocycles. The van der Waals surface area contributed by atoms with Crippen LogP contribution in [-0.2, 0) is 9.47 Å². The summed E-state index contributed by atoms with van der Waals surface area (Å²) in [5.41, 5.74) is 7.15. The topological polar surface area (TPSA) is 57.0 Å². The van der Waals surface area contributed by atoms with Gasteiger partial charge >= 0.3 is 0 Å². The summed E-state index contributed by atoms with van der Waals surface area (Å²) < 4.78 is 16.6. The second kappa shape index (κ2) is 10.1. The first-order chi connectivity index (χ1) is 10.2. The molecule has 120 valence electrons. The first-order valence-corrected chi connectivity index (χ1v) is 7.72. The molecule has 6 heteroatoms. The number of ether oxygens (including phenoxy) is 3. The van der Waals surface area contributed by atoms with Crippen LogP contribution >= 0.6 is 15.9 Å². The van der Waals surface area contributed by atoms with Crippen LogP contribution in [0.2, 0.25) is 0 Å². The van der Waals surface area contributed by atoms with E-state index < -0.39 is 0 Å². The molecular weight excluding hydrogens is 336 g/mol. The summed E-state index contributed by atoms with van der Waals surface area (Å²) in [5, 5.41) is 0. The SMILES string of the molecule is COCCN(CCOC)C(CN)c1ccc(OC)c(Br)c1. The minimum absolute atomic E-state index is 0.123. The third kappa shape index (κ3) is 5.56. The molecule has 1 aromatic rings. The maximum Gasteiger partial charge on any atom is 0.133 e. The lowest BCUT2D eigenvalue weighted by Crippen LogP contribution is -2.38.